The lowest BCUT2D eigenvalue weighted by Crippen LogP contribution is -2.52. The highest BCUT2D eigenvalue weighted by Gasteiger charge is 2.32. The summed E-state index contributed by atoms with van der Waals surface area (Å²) >= 11 is 0. The van der Waals surface area contributed by atoms with Gasteiger partial charge in [0.2, 0.25) is 21.8 Å². The zero-order chi connectivity index (χ0) is 31.0. The number of nitrogens with one attached hydrogen (secondary N) is 1. The predicted octanol–water partition coefficient (Wildman–Crippen LogP) is 5.69. The van der Waals surface area contributed by atoms with E-state index in [0.717, 1.165) is 48.6 Å². The number of benzene rings is 3. The summed E-state index contributed by atoms with van der Waals surface area (Å²) in [7, 11) is -3.59. The normalized spacial score (nSPS) is 14.3. The van der Waals surface area contributed by atoms with Crippen LogP contribution in [-0.2, 0) is 32.6 Å². The molecule has 1 unspecified atom stereocenters. The summed E-state index contributed by atoms with van der Waals surface area (Å²) in [5.41, 5.74) is 4.21. The predicted molar refractivity (Wildman–Crippen MR) is 169 cm³/mol. The largest absolute Gasteiger partial charge is 0.352 e. The molecule has 0 saturated heterocycles. The summed E-state index contributed by atoms with van der Waals surface area (Å²) < 4.78 is 40.5. The fourth-order valence-corrected chi connectivity index (χ4v) is 6.55. The molecule has 4 rings (SSSR count). The second-order valence-corrected chi connectivity index (χ2v) is 13.5. The number of anilines is 1. The third-order valence-electron chi connectivity index (χ3n) is 8.17. The Balaban J connectivity index is 1.58. The smallest absolute Gasteiger partial charge is 0.243 e. The monoisotopic (exact) mass is 607 g/mol. The molecule has 0 aromatic heterocycles. The SMILES string of the molecule is Cc1ccc(N(CCCC(=O)N(Cc2ccc(F)cc2)C(Cc2ccccc2)C(=O)NC2CCCC2)S(C)(=O)=O)cc1C. The molecule has 0 radical (unpaired) electrons. The van der Waals surface area contributed by atoms with Crippen LogP contribution in [-0.4, -0.2) is 50.0 Å². The van der Waals surface area contributed by atoms with Gasteiger partial charge in [-0.3, -0.25) is 13.9 Å². The first-order chi connectivity index (χ1) is 20.5. The van der Waals surface area contributed by atoms with Crippen LogP contribution in [0.15, 0.2) is 72.8 Å². The lowest BCUT2D eigenvalue weighted by atomic mass is 10.0. The summed E-state index contributed by atoms with van der Waals surface area (Å²) in [6.45, 7) is 4.14. The molecule has 230 valence electrons. The Kier molecular flexibility index (Phi) is 11.0. The van der Waals surface area contributed by atoms with E-state index in [1.165, 1.54) is 16.4 Å². The number of sulfonamides is 1. The maximum absolute atomic E-state index is 14.0. The summed E-state index contributed by atoms with van der Waals surface area (Å²) in [5, 5.41) is 3.17. The van der Waals surface area contributed by atoms with Crippen molar-refractivity contribution in [2.75, 3.05) is 17.1 Å². The molecule has 1 aliphatic carbocycles. The molecule has 3 aromatic rings. The minimum absolute atomic E-state index is 0.0417. The summed E-state index contributed by atoms with van der Waals surface area (Å²) in [5.74, 6) is -0.854. The van der Waals surface area contributed by atoms with E-state index in [0.29, 0.717) is 17.7 Å². The van der Waals surface area contributed by atoms with Gasteiger partial charge >= 0.3 is 0 Å². The number of rotatable bonds is 13. The Labute approximate surface area is 255 Å². The Morgan fingerprint density at radius 1 is 0.930 bits per heavy atom. The van der Waals surface area contributed by atoms with Crippen molar-refractivity contribution in [2.24, 2.45) is 0 Å². The maximum Gasteiger partial charge on any atom is 0.243 e. The lowest BCUT2D eigenvalue weighted by Gasteiger charge is -2.33. The van der Waals surface area contributed by atoms with Crippen LogP contribution in [0, 0.1) is 19.7 Å². The fourth-order valence-electron chi connectivity index (χ4n) is 5.59. The van der Waals surface area contributed by atoms with Crippen LogP contribution in [0.3, 0.4) is 0 Å². The number of carbonyl (C=O) groups excluding carboxylic acids is 2. The molecule has 2 amide bonds. The molecule has 1 N–H and O–H groups in total. The number of hydrogen-bond acceptors (Lipinski definition) is 4. The maximum atomic E-state index is 14.0. The van der Waals surface area contributed by atoms with Gasteiger partial charge in [0.15, 0.2) is 0 Å². The van der Waals surface area contributed by atoms with Crippen molar-refractivity contribution in [2.45, 2.75) is 77.4 Å². The number of aryl methyl sites for hydroxylation is 2. The van der Waals surface area contributed by atoms with E-state index in [9.17, 15) is 22.4 Å². The first-order valence-electron chi connectivity index (χ1n) is 14.9. The third-order valence-corrected chi connectivity index (χ3v) is 9.36. The Bertz CT molecular complexity index is 1490. The Morgan fingerprint density at radius 3 is 2.23 bits per heavy atom. The first kappa shape index (κ1) is 32.2. The quantitative estimate of drug-likeness (QED) is 0.271. The number of hydrogen-bond donors (Lipinski definition) is 1. The van der Waals surface area contributed by atoms with Gasteiger partial charge in [-0.15, -0.1) is 0 Å². The second kappa shape index (κ2) is 14.6. The van der Waals surface area contributed by atoms with Crippen LogP contribution in [0.5, 0.6) is 0 Å². The van der Waals surface area contributed by atoms with E-state index >= 15 is 0 Å². The van der Waals surface area contributed by atoms with Crippen LogP contribution < -0.4 is 9.62 Å². The van der Waals surface area contributed by atoms with Crippen molar-refractivity contribution >= 4 is 27.5 Å². The van der Waals surface area contributed by atoms with Crippen molar-refractivity contribution in [1.29, 1.82) is 0 Å². The van der Waals surface area contributed by atoms with Gasteiger partial charge in [-0.25, -0.2) is 12.8 Å². The fraction of sp³-hybridized carbons (Fsp3) is 0.412. The van der Waals surface area contributed by atoms with Gasteiger partial charge in [0.05, 0.1) is 11.9 Å². The molecule has 0 aliphatic heterocycles. The molecule has 7 nitrogen and oxygen atoms in total. The highest BCUT2D eigenvalue weighted by molar-refractivity contribution is 7.92. The van der Waals surface area contributed by atoms with E-state index in [2.05, 4.69) is 5.32 Å². The zero-order valence-corrected chi connectivity index (χ0v) is 26.1. The molecule has 1 fully saturated rings. The van der Waals surface area contributed by atoms with E-state index in [1.807, 2.05) is 56.3 Å². The lowest BCUT2D eigenvalue weighted by molar-refractivity contribution is -0.141. The average molecular weight is 608 g/mol. The minimum Gasteiger partial charge on any atom is -0.352 e. The Morgan fingerprint density at radius 2 is 1.60 bits per heavy atom. The van der Waals surface area contributed by atoms with E-state index in [4.69, 9.17) is 0 Å². The van der Waals surface area contributed by atoms with Crippen molar-refractivity contribution in [3.8, 4) is 0 Å². The van der Waals surface area contributed by atoms with Crippen LogP contribution in [0.2, 0.25) is 0 Å². The number of amides is 2. The minimum atomic E-state index is -3.59. The van der Waals surface area contributed by atoms with Gasteiger partial charge in [-0.05, 0) is 79.6 Å². The van der Waals surface area contributed by atoms with Crippen LogP contribution in [0.1, 0.15) is 60.8 Å². The number of carbonyl (C=O) groups is 2. The van der Waals surface area contributed by atoms with Crippen molar-refractivity contribution in [3.05, 3.63) is 101 Å². The highest BCUT2D eigenvalue weighted by atomic mass is 32.2. The van der Waals surface area contributed by atoms with Crippen LogP contribution in [0.4, 0.5) is 10.1 Å². The average Bonchev–Trinajstić information content (AvgIpc) is 3.48. The summed E-state index contributed by atoms with van der Waals surface area (Å²) in [4.78, 5) is 29.3. The van der Waals surface area contributed by atoms with Gasteiger partial charge in [-0.2, -0.15) is 0 Å². The van der Waals surface area contributed by atoms with Gasteiger partial charge in [0.25, 0.3) is 0 Å². The number of nitrogens with zero attached hydrogens (tertiary/aromatic N) is 2. The number of halogens is 1. The van der Waals surface area contributed by atoms with Crippen LogP contribution in [0.25, 0.3) is 0 Å². The van der Waals surface area contributed by atoms with Crippen LogP contribution >= 0.6 is 0 Å². The van der Waals surface area contributed by atoms with Gasteiger partial charge < -0.3 is 10.2 Å². The molecule has 1 atom stereocenters. The molecular formula is C34H42FN3O4S. The highest BCUT2D eigenvalue weighted by Crippen LogP contribution is 2.23. The molecule has 0 bridgehead atoms. The van der Waals surface area contributed by atoms with Gasteiger partial charge in [0, 0.05) is 32.0 Å². The van der Waals surface area contributed by atoms with Gasteiger partial charge in [0.1, 0.15) is 11.9 Å². The van der Waals surface area contributed by atoms with Gasteiger partial charge in [-0.1, -0.05) is 61.4 Å². The molecule has 3 aromatic carbocycles. The van der Waals surface area contributed by atoms with Crippen molar-refractivity contribution in [1.82, 2.24) is 10.2 Å². The molecule has 1 aliphatic rings. The summed E-state index contributed by atoms with van der Waals surface area (Å²) in [6.07, 6.45) is 5.73. The standard InChI is InChI=1S/C34H42FN3O4S/c1-25-15-20-31(22-26(25)2)38(43(3,41)42)21-9-14-33(39)37(24-28-16-18-29(35)19-17-28)32(23-27-10-5-4-6-11-27)34(40)36-30-12-7-8-13-30/h4-6,10-11,15-20,22,30,32H,7-9,12-14,21,23-24H2,1-3H3,(H,36,40). The topological polar surface area (TPSA) is 86.8 Å². The molecule has 1 saturated carbocycles. The molecular weight excluding hydrogens is 565 g/mol. The Hall–Kier alpha value is -3.72. The second-order valence-electron chi connectivity index (χ2n) is 11.6. The van der Waals surface area contributed by atoms with E-state index in [-0.39, 0.29) is 49.6 Å². The van der Waals surface area contributed by atoms with Crippen molar-refractivity contribution < 1.29 is 22.4 Å². The van der Waals surface area contributed by atoms with Crippen molar-refractivity contribution in [3.63, 3.8) is 0 Å². The zero-order valence-electron chi connectivity index (χ0n) is 25.3. The van der Waals surface area contributed by atoms with E-state index < -0.39 is 16.1 Å². The molecule has 9 heteroatoms. The molecule has 0 spiro atoms. The van der Waals surface area contributed by atoms with E-state index in [1.54, 1.807) is 23.1 Å². The third kappa shape index (κ3) is 9.13. The molecule has 0 heterocycles. The summed E-state index contributed by atoms with van der Waals surface area (Å²) in [6, 6.07) is 20.3. The first-order valence-corrected chi connectivity index (χ1v) is 16.8. The molecule has 43 heavy (non-hydrogen) atoms.